The Labute approximate surface area is 69.2 Å². The van der Waals surface area contributed by atoms with Gasteiger partial charge in [-0.05, 0) is 12.8 Å². The summed E-state index contributed by atoms with van der Waals surface area (Å²) in [7, 11) is 0. The van der Waals surface area contributed by atoms with Crippen molar-refractivity contribution in [3.63, 3.8) is 0 Å². The third kappa shape index (κ3) is 9.47. The zero-order valence-electron chi connectivity index (χ0n) is 7.31. The molecule has 2 heteroatoms. The highest BCUT2D eigenvalue weighted by Gasteiger charge is 1.93. The summed E-state index contributed by atoms with van der Waals surface area (Å²) in [4.78, 5) is 10.3. The molecule has 65 valence electrons. The highest BCUT2D eigenvalue weighted by atomic mass is 16.1. The number of carbonyl (C=O) groups is 1. The van der Waals surface area contributed by atoms with E-state index in [1.54, 1.807) is 0 Å². The predicted molar refractivity (Wildman–Crippen MR) is 46.9 cm³/mol. The van der Waals surface area contributed by atoms with Crippen LogP contribution in [0.3, 0.4) is 0 Å². The van der Waals surface area contributed by atoms with Gasteiger partial charge in [0.1, 0.15) is 0 Å². The summed E-state index contributed by atoms with van der Waals surface area (Å²) in [5.41, 5.74) is 4.98. The highest BCUT2D eigenvalue weighted by molar-refractivity contribution is 5.73. The smallest absolute Gasteiger partial charge is 0.217 e. The summed E-state index contributed by atoms with van der Waals surface area (Å²) in [5, 5.41) is 0. The van der Waals surface area contributed by atoms with Crippen LogP contribution >= 0.6 is 0 Å². The van der Waals surface area contributed by atoms with E-state index in [1.165, 1.54) is 12.8 Å². The van der Waals surface area contributed by atoms with E-state index < -0.39 is 0 Å². The van der Waals surface area contributed by atoms with Gasteiger partial charge in [0, 0.05) is 6.42 Å². The first-order valence-corrected chi connectivity index (χ1v) is 4.37. The molecule has 11 heavy (non-hydrogen) atoms. The molecule has 0 aromatic rings. The number of hydrogen-bond donors (Lipinski definition) is 1. The number of unbranched alkanes of at least 4 members (excludes halogenated alkanes) is 5. The Bertz CT molecular complexity index is 102. The van der Waals surface area contributed by atoms with Gasteiger partial charge < -0.3 is 5.73 Å². The first kappa shape index (κ1) is 10.5. The number of nitrogens with two attached hydrogens (primary N) is 1. The van der Waals surface area contributed by atoms with Crippen LogP contribution in [0.25, 0.3) is 0 Å². The summed E-state index contributed by atoms with van der Waals surface area (Å²) in [6.45, 7) is 2.17. The molecule has 0 rings (SSSR count). The summed E-state index contributed by atoms with van der Waals surface area (Å²) in [5.74, 6) is -0.180. The summed E-state index contributed by atoms with van der Waals surface area (Å²) in [6.07, 6.45) is 8.40. The molecule has 0 aliphatic heterocycles. The van der Waals surface area contributed by atoms with E-state index in [0.717, 1.165) is 19.3 Å². The van der Waals surface area contributed by atoms with E-state index in [4.69, 9.17) is 5.73 Å². The molecule has 0 aliphatic carbocycles. The van der Waals surface area contributed by atoms with Gasteiger partial charge in [-0.3, -0.25) is 4.79 Å². The monoisotopic (exact) mass is 156 g/mol. The Morgan fingerprint density at radius 2 is 2.09 bits per heavy atom. The van der Waals surface area contributed by atoms with Crippen molar-refractivity contribution in [2.45, 2.75) is 45.4 Å². The molecule has 0 spiro atoms. The molecule has 2 nitrogen and oxygen atoms in total. The topological polar surface area (TPSA) is 43.1 Å². The lowest BCUT2D eigenvalue weighted by atomic mass is 10.1. The van der Waals surface area contributed by atoms with Crippen LogP contribution in [0.5, 0.6) is 0 Å². The zero-order chi connectivity index (χ0) is 8.53. The maximum absolute atomic E-state index is 10.3. The second-order valence-corrected chi connectivity index (χ2v) is 2.79. The molecule has 0 saturated heterocycles. The van der Waals surface area contributed by atoms with Crippen molar-refractivity contribution in [2.75, 3.05) is 0 Å². The molecule has 0 heterocycles. The minimum absolute atomic E-state index is 0.180. The molecule has 0 unspecified atom stereocenters. The minimum Gasteiger partial charge on any atom is -0.370 e. The summed E-state index contributed by atoms with van der Waals surface area (Å²) < 4.78 is 0. The lowest BCUT2D eigenvalue weighted by Crippen LogP contribution is -2.09. The third-order valence-electron chi connectivity index (χ3n) is 1.57. The van der Waals surface area contributed by atoms with Crippen molar-refractivity contribution in [1.29, 1.82) is 0 Å². The van der Waals surface area contributed by atoms with Crippen LogP contribution in [-0.2, 0) is 4.79 Å². The van der Waals surface area contributed by atoms with Crippen LogP contribution < -0.4 is 5.73 Å². The van der Waals surface area contributed by atoms with Crippen LogP contribution in [0.2, 0.25) is 0 Å². The quantitative estimate of drug-likeness (QED) is 0.563. The number of primary amides is 1. The van der Waals surface area contributed by atoms with Crippen LogP contribution in [-0.4, -0.2) is 5.91 Å². The van der Waals surface area contributed by atoms with E-state index in [1.807, 2.05) is 0 Å². The van der Waals surface area contributed by atoms with Crippen LogP contribution in [0.4, 0.5) is 0 Å². The van der Waals surface area contributed by atoms with Gasteiger partial charge in [-0.2, -0.15) is 0 Å². The number of amides is 1. The maximum Gasteiger partial charge on any atom is 0.217 e. The molecule has 0 fully saturated rings. The van der Waals surface area contributed by atoms with E-state index >= 15 is 0 Å². The van der Waals surface area contributed by atoms with Gasteiger partial charge in [-0.25, -0.2) is 0 Å². The fraction of sp³-hybridized carbons (Fsp3) is 0.778. The van der Waals surface area contributed by atoms with Crippen molar-refractivity contribution < 1.29 is 4.79 Å². The molecule has 2 N–H and O–H groups in total. The van der Waals surface area contributed by atoms with E-state index in [-0.39, 0.29) is 5.91 Å². The Hall–Kier alpha value is -0.530. The fourth-order valence-electron chi connectivity index (χ4n) is 0.936. The van der Waals surface area contributed by atoms with Gasteiger partial charge in [0.2, 0.25) is 5.91 Å². The number of hydrogen-bond acceptors (Lipinski definition) is 1. The van der Waals surface area contributed by atoms with Crippen molar-refractivity contribution in [3.05, 3.63) is 6.42 Å². The molecule has 0 atom stereocenters. The Kier molecular flexibility index (Phi) is 7.21. The van der Waals surface area contributed by atoms with Gasteiger partial charge in [0.15, 0.2) is 0 Å². The van der Waals surface area contributed by atoms with Gasteiger partial charge >= 0.3 is 0 Å². The lowest BCUT2D eigenvalue weighted by molar-refractivity contribution is -0.118. The predicted octanol–water partition coefficient (Wildman–Crippen LogP) is 2.04. The van der Waals surface area contributed by atoms with Crippen molar-refractivity contribution in [2.24, 2.45) is 5.73 Å². The van der Waals surface area contributed by atoms with Crippen molar-refractivity contribution >= 4 is 5.91 Å². The molecule has 1 radical (unpaired) electrons. The standard InChI is InChI=1S/C9H18NO/c1-2-3-4-5-6-7-8-9(10)11/h4H,2-3,5-8H2,1H3,(H2,10,11). The van der Waals surface area contributed by atoms with E-state index in [2.05, 4.69) is 13.3 Å². The van der Waals surface area contributed by atoms with Crippen LogP contribution in [0, 0.1) is 6.42 Å². The molecule has 0 aromatic carbocycles. The van der Waals surface area contributed by atoms with E-state index in [0.29, 0.717) is 6.42 Å². The maximum atomic E-state index is 10.3. The average Bonchev–Trinajstić information content (AvgIpc) is 1.96. The molecular formula is C9H18NO. The van der Waals surface area contributed by atoms with Gasteiger partial charge in [0.05, 0.1) is 0 Å². The second-order valence-electron chi connectivity index (χ2n) is 2.79. The Morgan fingerprint density at radius 3 is 2.64 bits per heavy atom. The molecule has 0 aliphatic rings. The van der Waals surface area contributed by atoms with Gasteiger partial charge in [-0.15, -0.1) is 0 Å². The minimum atomic E-state index is -0.180. The molecule has 1 amide bonds. The number of carbonyl (C=O) groups excluding carboxylic acids is 1. The van der Waals surface area contributed by atoms with Gasteiger partial charge in [0.25, 0.3) is 0 Å². The second kappa shape index (κ2) is 7.58. The SMILES string of the molecule is CCC[CH]CCCCC(N)=O. The summed E-state index contributed by atoms with van der Waals surface area (Å²) in [6, 6.07) is 0. The molecule has 0 aromatic heterocycles. The Morgan fingerprint density at radius 1 is 1.36 bits per heavy atom. The van der Waals surface area contributed by atoms with Crippen molar-refractivity contribution in [3.8, 4) is 0 Å². The molecular weight excluding hydrogens is 138 g/mol. The molecule has 0 saturated carbocycles. The van der Waals surface area contributed by atoms with Crippen molar-refractivity contribution in [1.82, 2.24) is 0 Å². The van der Waals surface area contributed by atoms with E-state index in [9.17, 15) is 4.79 Å². The van der Waals surface area contributed by atoms with Crippen LogP contribution in [0.1, 0.15) is 45.4 Å². The fourth-order valence-corrected chi connectivity index (χ4v) is 0.936. The third-order valence-corrected chi connectivity index (χ3v) is 1.57. The number of rotatable bonds is 7. The largest absolute Gasteiger partial charge is 0.370 e. The Balaban J connectivity index is 2.85. The normalized spacial score (nSPS) is 9.91. The van der Waals surface area contributed by atoms with Crippen LogP contribution in [0.15, 0.2) is 0 Å². The average molecular weight is 156 g/mol. The zero-order valence-corrected chi connectivity index (χ0v) is 7.31. The molecule has 0 bridgehead atoms. The summed E-state index contributed by atoms with van der Waals surface area (Å²) >= 11 is 0. The first-order chi connectivity index (χ1) is 5.27. The van der Waals surface area contributed by atoms with Gasteiger partial charge in [-0.1, -0.05) is 32.6 Å². The lowest BCUT2D eigenvalue weighted by Gasteiger charge is -1.97. The highest BCUT2D eigenvalue weighted by Crippen LogP contribution is 2.04. The first-order valence-electron chi connectivity index (χ1n) is 4.37.